The molecule has 0 bridgehead atoms. The van der Waals surface area contributed by atoms with E-state index >= 15 is 0 Å². The van der Waals surface area contributed by atoms with Gasteiger partial charge in [0.1, 0.15) is 0 Å². The summed E-state index contributed by atoms with van der Waals surface area (Å²) in [6.07, 6.45) is 0.221. The van der Waals surface area contributed by atoms with Crippen molar-refractivity contribution in [2.24, 2.45) is 5.92 Å². The maximum absolute atomic E-state index is 12.1. The highest BCUT2D eigenvalue weighted by Crippen LogP contribution is 2.18. The Morgan fingerprint density at radius 3 is 2.31 bits per heavy atom. The summed E-state index contributed by atoms with van der Waals surface area (Å²) in [4.78, 5) is 35.2. The van der Waals surface area contributed by atoms with Gasteiger partial charge in [-0.2, -0.15) is 0 Å². The molecule has 0 aliphatic rings. The third-order valence-electron chi connectivity index (χ3n) is 3.95. The van der Waals surface area contributed by atoms with Crippen LogP contribution in [0.25, 0.3) is 10.8 Å². The number of hydrogen-bond donors (Lipinski definition) is 3. The number of rotatable bonds is 8. The molecule has 6 nitrogen and oxygen atoms in total. The van der Waals surface area contributed by atoms with Gasteiger partial charge in [0.05, 0.1) is 13.0 Å². The van der Waals surface area contributed by atoms with Crippen LogP contribution in [0.2, 0.25) is 0 Å². The summed E-state index contributed by atoms with van der Waals surface area (Å²) in [7, 11) is 0. The van der Waals surface area contributed by atoms with Gasteiger partial charge in [-0.1, -0.05) is 56.3 Å². The van der Waals surface area contributed by atoms with E-state index in [0.717, 1.165) is 16.3 Å². The maximum atomic E-state index is 12.1. The Kier molecular flexibility index (Phi) is 7.14. The number of fused-ring (bicyclic) bond motifs is 1. The molecule has 138 valence electrons. The van der Waals surface area contributed by atoms with Gasteiger partial charge < -0.3 is 16.0 Å². The summed E-state index contributed by atoms with van der Waals surface area (Å²) >= 11 is 0. The second kappa shape index (κ2) is 9.56. The largest absolute Gasteiger partial charge is 0.354 e. The number of nitrogens with one attached hydrogen (secondary N) is 3. The van der Waals surface area contributed by atoms with Crippen molar-refractivity contribution in [3.8, 4) is 0 Å². The number of carbonyl (C=O) groups is 3. The summed E-state index contributed by atoms with van der Waals surface area (Å²) in [6, 6.07) is 13.7. The van der Waals surface area contributed by atoms with Gasteiger partial charge in [-0.3, -0.25) is 14.4 Å². The molecule has 2 aromatic rings. The molecule has 0 saturated heterocycles. The second-order valence-electron chi connectivity index (χ2n) is 6.39. The first-order valence-corrected chi connectivity index (χ1v) is 8.75. The molecule has 26 heavy (non-hydrogen) atoms. The average molecular weight is 355 g/mol. The van der Waals surface area contributed by atoms with Crippen LogP contribution in [-0.2, 0) is 20.8 Å². The molecule has 0 heterocycles. The summed E-state index contributed by atoms with van der Waals surface area (Å²) in [5, 5.41) is 10.1. The van der Waals surface area contributed by atoms with Crippen molar-refractivity contribution in [2.75, 3.05) is 19.6 Å². The molecule has 6 heteroatoms. The molecule has 0 fully saturated rings. The Bertz CT molecular complexity index is 781. The summed E-state index contributed by atoms with van der Waals surface area (Å²) in [5.74, 6) is -0.624. The Balaban J connectivity index is 1.73. The third-order valence-corrected chi connectivity index (χ3v) is 3.95. The number of hydrogen-bond acceptors (Lipinski definition) is 3. The fourth-order valence-corrected chi connectivity index (χ4v) is 2.52. The molecule has 0 aliphatic carbocycles. The summed E-state index contributed by atoms with van der Waals surface area (Å²) in [6.45, 7) is 4.23. The normalized spacial score (nSPS) is 10.6. The highest BCUT2D eigenvalue weighted by molar-refractivity contribution is 5.91. The van der Waals surface area contributed by atoms with Crippen LogP contribution in [0.5, 0.6) is 0 Å². The minimum absolute atomic E-state index is 0.0531. The number of amides is 3. The number of carbonyl (C=O) groups excluding carboxylic acids is 3. The van der Waals surface area contributed by atoms with E-state index in [1.54, 1.807) is 13.8 Å². The van der Waals surface area contributed by atoms with Crippen molar-refractivity contribution in [3.63, 3.8) is 0 Å². The van der Waals surface area contributed by atoms with E-state index in [9.17, 15) is 14.4 Å². The first-order valence-electron chi connectivity index (χ1n) is 8.75. The van der Waals surface area contributed by atoms with Crippen LogP contribution in [0.15, 0.2) is 42.5 Å². The average Bonchev–Trinajstić information content (AvgIpc) is 2.63. The van der Waals surface area contributed by atoms with E-state index < -0.39 is 0 Å². The zero-order valence-electron chi connectivity index (χ0n) is 15.2. The lowest BCUT2D eigenvalue weighted by Crippen LogP contribution is -2.41. The van der Waals surface area contributed by atoms with Crippen LogP contribution in [0, 0.1) is 5.92 Å². The van der Waals surface area contributed by atoms with Gasteiger partial charge in [0.2, 0.25) is 17.7 Å². The predicted molar refractivity (Wildman–Crippen MR) is 102 cm³/mol. The van der Waals surface area contributed by atoms with Crippen LogP contribution in [0.3, 0.4) is 0 Å². The summed E-state index contributed by atoms with van der Waals surface area (Å²) in [5.41, 5.74) is 0.928. The molecule has 3 amide bonds. The molecule has 0 radical (unpaired) electrons. The topological polar surface area (TPSA) is 87.3 Å². The molecule has 0 saturated carbocycles. The molecule has 0 spiro atoms. The minimum Gasteiger partial charge on any atom is -0.354 e. The van der Waals surface area contributed by atoms with Crippen LogP contribution in [-0.4, -0.2) is 37.4 Å². The van der Waals surface area contributed by atoms with Crippen molar-refractivity contribution in [3.05, 3.63) is 48.0 Å². The van der Waals surface area contributed by atoms with Crippen molar-refractivity contribution in [1.82, 2.24) is 16.0 Å². The van der Waals surface area contributed by atoms with Gasteiger partial charge in [-0.05, 0) is 16.3 Å². The van der Waals surface area contributed by atoms with Crippen molar-refractivity contribution < 1.29 is 14.4 Å². The molecule has 0 unspecified atom stereocenters. The van der Waals surface area contributed by atoms with E-state index in [4.69, 9.17) is 0 Å². The SMILES string of the molecule is CC(C)C(=O)NCCNC(=O)CNC(=O)Cc1cccc2ccccc12. The van der Waals surface area contributed by atoms with Gasteiger partial charge in [0.25, 0.3) is 0 Å². The molecule has 0 aromatic heterocycles. The van der Waals surface area contributed by atoms with E-state index in [1.807, 2.05) is 42.5 Å². The van der Waals surface area contributed by atoms with Crippen LogP contribution < -0.4 is 16.0 Å². The number of benzene rings is 2. The fourth-order valence-electron chi connectivity index (χ4n) is 2.52. The zero-order valence-corrected chi connectivity index (χ0v) is 15.2. The van der Waals surface area contributed by atoms with Gasteiger partial charge >= 0.3 is 0 Å². The van der Waals surface area contributed by atoms with E-state index in [-0.39, 0.29) is 36.6 Å². The Morgan fingerprint density at radius 1 is 0.846 bits per heavy atom. The van der Waals surface area contributed by atoms with Crippen molar-refractivity contribution in [2.45, 2.75) is 20.3 Å². The first kappa shape index (κ1) is 19.4. The van der Waals surface area contributed by atoms with Gasteiger partial charge in [0.15, 0.2) is 0 Å². The fraction of sp³-hybridized carbons (Fsp3) is 0.350. The van der Waals surface area contributed by atoms with Crippen LogP contribution in [0.1, 0.15) is 19.4 Å². The predicted octanol–water partition coefficient (Wildman–Crippen LogP) is 1.39. The first-order chi connectivity index (χ1) is 12.5. The highest BCUT2D eigenvalue weighted by Gasteiger charge is 2.09. The lowest BCUT2D eigenvalue weighted by Gasteiger charge is -2.10. The Labute approximate surface area is 153 Å². The Hall–Kier alpha value is -2.89. The summed E-state index contributed by atoms with van der Waals surface area (Å²) < 4.78 is 0. The Morgan fingerprint density at radius 2 is 1.54 bits per heavy atom. The smallest absolute Gasteiger partial charge is 0.239 e. The van der Waals surface area contributed by atoms with E-state index in [2.05, 4.69) is 16.0 Å². The quantitative estimate of drug-likeness (QED) is 0.625. The third kappa shape index (κ3) is 5.88. The van der Waals surface area contributed by atoms with Crippen LogP contribution in [0.4, 0.5) is 0 Å². The van der Waals surface area contributed by atoms with Crippen molar-refractivity contribution >= 4 is 28.5 Å². The molecular formula is C20H25N3O3. The minimum atomic E-state index is -0.282. The van der Waals surface area contributed by atoms with Gasteiger partial charge in [0, 0.05) is 19.0 Å². The molecule has 2 rings (SSSR count). The van der Waals surface area contributed by atoms with Gasteiger partial charge in [-0.25, -0.2) is 0 Å². The monoisotopic (exact) mass is 355 g/mol. The van der Waals surface area contributed by atoms with E-state index in [0.29, 0.717) is 13.1 Å². The van der Waals surface area contributed by atoms with Crippen LogP contribution >= 0.6 is 0 Å². The lowest BCUT2D eigenvalue weighted by molar-refractivity contribution is -0.126. The molecule has 0 aliphatic heterocycles. The molecule has 3 N–H and O–H groups in total. The molecule has 2 aromatic carbocycles. The maximum Gasteiger partial charge on any atom is 0.239 e. The standard InChI is InChI=1S/C20H25N3O3/c1-14(2)20(26)22-11-10-21-19(25)13-23-18(24)12-16-8-5-7-15-6-3-4-9-17(15)16/h3-9,14H,10-13H2,1-2H3,(H,21,25)(H,22,26)(H,23,24). The van der Waals surface area contributed by atoms with Gasteiger partial charge in [-0.15, -0.1) is 0 Å². The lowest BCUT2D eigenvalue weighted by atomic mass is 10.0. The molecule has 0 atom stereocenters. The van der Waals surface area contributed by atoms with E-state index in [1.165, 1.54) is 0 Å². The zero-order chi connectivity index (χ0) is 18.9. The highest BCUT2D eigenvalue weighted by atomic mass is 16.2. The second-order valence-corrected chi connectivity index (χ2v) is 6.39. The van der Waals surface area contributed by atoms with Crippen molar-refractivity contribution in [1.29, 1.82) is 0 Å². The molecular weight excluding hydrogens is 330 g/mol.